The third-order valence-corrected chi connectivity index (χ3v) is 6.99. The summed E-state index contributed by atoms with van der Waals surface area (Å²) in [6, 6.07) is 14.4. The lowest BCUT2D eigenvalue weighted by molar-refractivity contribution is -0.145. The van der Waals surface area contributed by atoms with E-state index < -0.39 is 30.1 Å². The molecule has 4 rings (SSSR count). The van der Waals surface area contributed by atoms with Gasteiger partial charge < -0.3 is 20.1 Å². The molecule has 37 heavy (non-hydrogen) atoms. The Labute approximate surface area is 220 Å². The third kappa shape index (κ3) is 6.35. The molecular weight excluding hydrogens is 490 g/mol. The zero-order valence-electron chi connectivity index (χ0n) is 21.1. The lowest BCUT2D eigenvalue weighted by Gasteiger charge is -2.23. The van der Waals surface area contributed by atoms with Gasteiger partial charge >= 0.3 is 12.1 Å². The molecular formula is C28H31N3O5S. The molecule has 0 spiro atoms. The van der Waals surface area contributed by atoms with Gasteiger partial charge in [0.1, 0.15) is 18.7 Å². The highest BCUT2D eigenvalue weighted by molar-refractivity contribution is 7.07. The lowest BCUT2D eigenvalue weighted by Crippen LogP contribution is -2.53. The molecule has 1 aromatic heterocycles. The van der Waals surface area contributed by atoms with Gasteiger partial charge in [0.15, 0.2) is 0 Å². The SMILES string of the molecule is COC(=O)C(Cc1cscn1)NC(=O)[C@H](CC(C)C)NC(=O)OCC1c2ccccc2-c2ccccc21. The van der Waals surface area contributed by atoms with Crippen LogP contribution in [0.1, 0.15) is 43.0 Å². The molecule has 0 saturated carbocycles. The summed E-state index contributed by atoms with van der Waals surface area (Å²) in [7, 11) is 1.27. The van der Waals surface area contributed by atoms with Crippen molar-refractivity contribution >= 4 is 29.3 Å². The molecule has 1 unspecified atom stereocenters. The summed E-state index contributed by atoms with van der Waals surface area (Å²) >= 11 is 1.40. The number of ether oxygens (including phenoxy) is 2. The molecule has 1 aliphatic carbocycles. The van der Waals surface area contributed by atoms with Crippen molar-refractivity contribution in [3.63, 3.8) is 0 Å². The zero-order valence-corrected chi connectivity index (χ0v) is 21.9. The van der Waals surface area contributed by atoms with Crippen LogP contribution in [-0.2, 0) is 25.5 Å². The Balaban J connectivity index is 1.41. The average molecular weight is 522 g/mol. The number of rotatable bonds is 10. The van der Waals surface area contributed by atoms with E-state index in [-0.39, 0.29) is 24.9 Å². The predicted molar refractivity (Wildman–Crippen MR) is 141 cm³/mol. The smallest absolute Gasteiger partial charge is 0.407 e. The summed E-state index contributed by atoms with van der Waals surface area (Å²) in [5.74, 6) is -1.03. The summed E-state index contributed by atoms with van der Waals surface area (Å²) in [6.07, 6.45) is -0.112. The maximum absolute atomic E-state index is 13.2. The fourth-order valence-corrected chi connectivity index (χ4v) is 5.21. The first-order valence-corrected chi connectivity index (χ1v) is 13.2. The molecule has 8 nitrogen and oxygen atoms in total. The van der Waals surface area contributed by atoms with Crippen LogP contribution in [0.2, 0.25) is 0 Å². The van der Waals surface area contributed by atoms with Gasteiger partial charge in [-0.1, -0.05) is 62.4 Å². The minimum absolute atomic E-state index is 0.0858. The second kappa shape index (κ2) is 12.0. The number of nitrogens with zero attached hydrogens (tertiary/aromatic N) is 1. The van der Waals surface area contributed by atoms with Crippen LogP contribution in [-0.4, -0.2) is 48.8 Å². The number of aromatic nitrogens is 1. The molecule has 2 N–H and O–H groups in total. The van der Waals surface area contributed by atoms with E-state index in [0.717, 1.165) is 22.3 Å². The molecule has 3 aromatic rings. The molecule has 2 aromatic carbocycles. The Bertz CT molecular complexity index is 1200. The monoisotopic (exact) mass is 521 g/mol. The Morgan fingerprint density at radius 2 is 1.62 bits per heavy atom. The molecule has 9 heteroatoms. The van der Waals surface area contributed by atoms with Crippen LogP contribution >= 0.6 is 11.3 Å². The molecule has 1 aliphatic rings. The summed E-state index contributed by atoms with van der Waals surface area (Å²) in [5, 5.41) is 7.23. The van der Waals surface area contributed by atoms with Crippen molar-refractivity contribution in [1.29, 1.82) is 0 Å². The van der Waals surface area contributed by atoms with Crippen molar-refractivity contribution in [2.45, 2.75) is 44.7 Å². The Morgan fingerprint density at radius 3 is 2.19 bits per heavy atom. The first kappa shape index (κ1) is 26.3. The number of amides is 2. The van der Waals surface area contributed by atoms with E-state index in [1.54, 1.807) is 5.51 Å². The number of thiazole rings is 1. The molecule has 2 amide bonds. The van der Waals surface area contributed by atoms with Gasteiger partial charge in [-0.2, -0.15) is 0 Å². The van der Waals surface area contributed by atoms with Crippen LogP contribution in [0.5, 0.6) is 0 Å². The Kier molecular flexibility index (Phi) is 8.55. The molecule has 0 bridgehead atoms. The number of methoxy groups -OCH3 is 1. The van der Waals surface area contributed by atoms with E-state index in [0.29, 0.717) is 12.1 Å². The standard InChI is InChI=1S/C28H31N3O5S/c1-17(2)12-24(26(32)30-25(27(33)35-3)13-18-15-37-16-29-18)31-28(34)36-14-23-21-10-6-4-8-19(21)20-9-5-7-11-22(20)23/h4-11,15-17,23-25H,12-14H2,1-3H3,(H,30,32)(H,31,34)/t24-,25?/m0/s1. The molecule has 194 valence electrons. The number of fused-ring (bicyclic) bond motifs is 3. The summed E-state index contributed by atoms with van der Waals surface area (Å²) < 4.78 is 10.5. The molecule has 0 saturated heterocycles. The van der Waals surface area contributed by atoms with Crippen molar-refractivity contribution < 1.29 is 23.9 Å². The van der Waals surface area contributed by atoms with Crippen molar-refractivity contribution in [2.75, 3.05) is 13.7 Å². The van der Waals surface area contributed by atoms with Gasteiger partial charge in [0.05, 0.1) is 18.3 Å². The summed E-state index contributed by atoms with van der Waals surface area (Å²) in [6.45, 7) is 4.05. The van der Waals surface area contributed by atoms with Gasteiger partial charge in [-0.15, -0.1) is 11.3 Å². The minimum atomic E-state index is -0.918. The molecule has 0 aliphatic heterocycles. The third-order valence-electron chi connectivity index (χ3n) is 6.36. The first-order chi connectivity index (χ1) is 17.9. The van der Waals surface area contributed by atoms with Gasteiger partial charge in [0.25, 0.3) is 0 Å². The van der Waals surface area contributed by atoms with Crippen molar-refractivity contribution in [3.05, 3.63) is 76.2 Å². The second-order valence-corrected chi connectivity index (χ2v) is 10.1. The van der Waals surface area contributed by atoms with Gasteiger partial charge in [0.2, 0.25) is 5.91 Å². The Hall–Kier alpha value is -3.72. The fraction of sp³-hybridized carbons (Fsp3) is 0.357. The highest BCUT2D eigenvalue weighted by atomic mass is 32.1. The largest absolute Gasteiger partial charge is 0.467 e. The molecule has 0 fully saturated rings. The maximum Gasteiger partial charge on any atom is 0.407 e. The molecule has 0 radical (unpaired) electrons. The number of benzene rings is 2. The molecule has 1 heterocycles. The van der Waals surface area contributed by atoms with Gasteiger partial charge in [-0.3, -0.25) is 4.79 Å². The number of hydrogen-bond acceptors (Lipinski definition) is 7. The minimum Gasteiger partial charge on any atom is -0.467 e. The topological polar surface area (TPSA) is 107 Å². The van der Waals surface area contributed by atoms with E-state index in [1.165, 1.54) is 18.4 Å². The number of nitrogens with one attached hydrogen (secondary N) is 2. The van der Waals surface area contributed by atoms with Gasteiger partial charge in [-0.05, 0) is 34.6 Å². The number of carbonyl (C=O) groups excluding carboxylic acids is 3. The van der Waals surface area contributed by atoms with E-state index in [1.807, 2.05) is 55.6 Å². The zero-order chi connectivity index (χ0) is 26.4. The number of alkyl carbamates (subject to hydrolysis) is 1. The van der Waals surface area contributed by atoms with Crippen LogP contribution in [0, 0.1) is 5.92 Å². The van der Waals surface area contributed by atoms with Crippen LogP contribution in [0.15, 0.2) is 59.4 Å². The molecule has 2 atom stereocenters. The van der Waals surface area contributed by atoms with E-state index in [2.05, 4.69) is 27.8 Å². The normalized spacial score (nSPS) is 13.8. The highest BCUT2D eigenvalue weighted by Crippen LogP contribution is 2.44. The first-order valence-electron chi connectivity index (χ1n) is 12.2. The number of esters is 1. The Morgan fingerprint density at radius 1 is 0.973 bits per heavy atom. The van der Waals surface area contributed by atoms with Crippen LogP contribution in [0.25, 0.3) is 11.1 Å². The number of hydrogen-bond donors (Lipinski definition) is 2. The number of carbonyl (C=O) groups is 3. The fourth-order valence-electron chi connectivity index (χ4n) is 4.64. The quantitative estimate of drug-likeness (QED) is 0.386. The van der Waals surface area contributed by atoms with Gasteiger partial charge in [-0.25, -0.2) is 14.6 Å². The van der Waals surface area contributed by atoms with Crippen LogP contribution in [0.4, 0.5) is 4.79 Å². The van der Waals surface area contributed by atoms with Crippen molar-refractivity contribution in [2.24, 2.45) is 5.92 Å². The summed E-state index contributed by atoms with van der Waals surface area (Å²) in [4.78, 5) is 42.5. The average Bonchev–Trinajstić information content (AvgIpc) is 3.52. The predicted octanol–water partition coefficient (Wildman–Crippen LogP) is 4.30. The second-order valence-electron chi connectivity index (χ2n) is 9.42. The lowest BCUT2D eigenvalue weighted by atomic mass is 9.98. The van der Waals surface area contributed by atoms with E-state index in [4.69, 9.17) is 9.47 Å². The van der Waals surface area contributed by atoms with Crippen LogP contribution < -0.4 is 10.6 Å². The van der Waals surface area contributed by atoms with Crippen molar-refractivity contribution in [1.82, 2.24) is 15.6 Å². The van der Waals surface area contributed by atoms with Gasteiger partial charge in [0, 0.05) is 17.7 Å². The van der Waals surface area contributed by atoms with E-state index >= 15 is 0 Å². The highest BCUT2D eigenvalue weighted by Gasteiger charge is 2.31. The summed E-state index contributed by atoms with van der Waals surface area (Å²) in [5.41, 5.74) is 6.82. The maximum atomic E-state index is 13.2. The van der Waals surface area contributed by atoms with E-state index in [9.17, 15) is 14.4 Å². The van der Waals surface area contributed by atoms with Crippen molar-refractivity contribution in [3.8, 4) is 11.1 Å². The van der Waals surface area contributed by atoms with Crippen LogP contribution in [0.3, 0.4) is 0 Å².